The molecule has 2 aromatic rings. The van der Waals surface area contributed by atoms with Crippen molar-refractivity contribution >= 4 is 18.8 Å². The van der Waals surface area contributed by atoms with Crippen LogP contribution in [0.4, 0.5) is 0 Å². The van der Waals surface area contributed by atoms with Crippen LogP contribution in [0.5, 0.6) is 0 Å². The summed E-state index contributed by atoms with van der Waals surface area (Å²) >= 11 is -0.472. The van der Waals surface area contributed by atoms with Crippen LogP contribution in [-0.2, 0) is 29.3 Å². The van der Waals surface area contributed by atoms with Gasteiger partial charge in [-0.15, -0.1) is 0 Å². The molecule has 0 amide bonds. The first-order valence-electron chi connectivity index (χ1n) is 6.31. The van der Waals surface area contributed by atoms with Crippen molar-refractivity contribution in [3.8, 4) is 0 Å². The predicted molar refractivity (Wildman–Crippen MR) is 81.7 cm³/mol. The molecule has 5 heteroatoms. The zero-order chi connectivity index (χ0) is 14.8. The molecule has 0 saturated heterocycles. The maximum atomic E-state index is 4.88. The van der Waals surface area contributed by atoms with Gasteiger partial charge in [-0.2, -0.15) is 0 Å². The van der Waals surface area contributed by atoms with E-state index < -0.39 is 16.5 Å². The van der Waals surface area contributed by atoms with Gasteiger partial charge in [-0.1, -0.05) is 0 Å². The van der Waals surface area contributed by atoms with Crippen molar-refractivity contribution in [3.05, 3.63) is 59.2 Å². The molecule has 0 bridgehead atoms. The van der Waals surface area contributed by atoms with Gasteiger partial charge in [0.05, 0.1) is 0 Å². The van der Waals surface area contributed by atoms with Crippen LogP contribution in [0.25, 0.3) is 0 Å². The van der Waals surface area contributed by atoms with E-state index >= 15 is 0 Å². The molecular weight excluding hydrogens is 474 g/mol. The fraction of sp³-hybridized carbons (Fsp3) is 0.333. The van der Waals surface area contributed by atoms with E-state index in [-0.39, 0.29) is 0 Å². The molecular formula is C15H18Cl2N2Pt. The van der Waals surface area contributed by atoms with Crippen LogP contribution in [0.2, 0.25) is 0 Å². The van der Waals surface area contributed by atoms with Gasteiger partial charge in [0.15, 0.2) is 0 Å². The minimum atomic E-state index is -0.472. The molecule has 0 atom stereocenters. The topological polar surface area (TPSA) is 25.8 Å². The van der Waals surface area contributed by atoms with Gasteiger partial charge < -0.3 is 0 Å². The van der Waals surface area contributed by atoms with Gasteiger partial charge in [0, 0.05) is 23.8 Å². The Balaban J connectivity index is 0.000000612. The van der Waals surface area contributed by atoms with Crippen molar-refractivity contribution in [2.45, 2.75) is 33.1 Å². The fourth-order valence-corrected chi connectivity index (χ4v) is 1.92. The number of rotatable bonds is 4. The third-order valence-electron chi connectivity index (χ3n) is 2.81. The molecule has 2 heterocycles. The summed E-state index contributed by atoms with van der Waals surface area (Å²) in [6, 6.07) is 8.38. The van der Waals surface area contributed by atoms with Gasteiger partial charge in [-0.25, -0.2) is 0 Å². The molecule has 0 aliphatic heterocycles. The van der Waals surface area contributed by atoms with Crippen molar-refractivity contribution in [1.29, 1.82) is 0 Å². The number of aromatic nitrogens is 2. The molecule has 0 spiro atoms. The van der Waals surface area contributed by atoms with Gasteiger partial charge in [0.2, 0.25) is 0 Å². The molecule has 0 saturated carbocycles. The van der Waals surface area contributed by atoms with Crippen molar-refractivity contribution < 1.29 is 16.5 Å². The maximum absolute atomic E-state index is 4.88. The second-order valence-corrected chi connectivity index (χ2v) is 7.83. The van der Waals surface area contributed by atoms with E-state index in [1.807, 2.05) is 24.5 Å². The van der Waals surface area contributed by atoms with Crippen LogP contribution in [-0.4, -0.2) is 9.97 Å². The van der Waals surface area contributed by atoms with E-state index in [0.29, 0.717) is 0 Å². The Labute approximate surface area is 137 Å². The van der Waals surface area contributed by atoms with Crippen LogP contribution < -0.4 is 0 Å². The third kappa shape index (κ3) is 7.38. The first-order chi connectivity index (χ1) is 9.65. The molecule has 2 aromatic heterocycles. The zero-order valence-electron chi connectivity index (χ0n) is 11.6. The summed E-state index contributed by atoms with van der Waals surface area (Å²) in [6.45, 7) is 4.21. The number of hydrogen-bond acceptors (Lipinski definition) is 2. The summed E-state index contributed by atoms with van der Waals surface area (Å²) in [7, 11) is 9.75. The summed E-state index contributed by atoms with van der Waals surface area (Å²) in [4.78, 5) is 8.74. The molecule has 2 rings (SSSR count). The van der Waals surface area contributed by atoms with E-state index in [1.54, 1.807) is 0 Å². The molecule has 0 aliphatic carbocycles. The fourth-order valence-electron chi connectivity index (χ4n) is 1.92. The molecule has 20 heavy (non-hydrogen) atoms. The number of halogens is 2. The molecule has 0 N–H and O–H groups in total. The Morgan fingerprint density at radius 1 is 0.900 bits per heavy atom. The average Bonchev–Trinajstić information content (AvgIpc) is 2.40. The molecule has 0 aliphatic rings. The van der Waals surface area contributed by atoms with Crippen molar-refractivity contribution in [2.75, 3.05) is 0 Å². The van der Waals surface area contributed by atoms with Gasteiger partial charge in [0.25, 0.3) is 0 Å². The molecule has 112 valence electrons. The van der Waals surface area contributed by atoms with Crippen molar-refractivity contribution in [3.63, 3.8) is 0 Å². The van der Waals surface area contributed by atoms with Gasteiger partial charge in [-0.3, -0.25) is 9.97 Å². The number of aryl methyl sites for hydroxylation is 4. The summed E-state index contributed by atoms with van der Waals surface area (Å²) in [6.07, 6.45) is 6.92. The number of pyridine rings is 2. The summed E-state index contributed by atoms with van der Waals surface area (Å²) in [5.74, 6) is 0. The van der Waals surface area contributed by atoms with Crippen LogP contribution in [0.1, 0.15) is 28.9 Å². The zero-order valence-corrected chi connectivity index (χ0v) is 15.3. The SMILES string of the molecule is Cc1ccnc(CCCc2cc(C)ccn2)c1.[Cl][Pt][Cl]. The summed E-state index contributed by atoms with van der Waals surface area (Å²) in [5, 5.41) is 0. The second-order valence-electron chi connectivity index (χ2n) is 4.55. The standard InChI is InChI=1S/C15H18N2.2ClH.Pt/c1-12-6-8-16-14(10-12)4-3-5-15-11-13(2)7-9-17-15;;;/h6-11H,3-5H2,1-2H3;2*1H;/q;;;+2/p-2. The molecule has 0 aromatic carbocycles. The van der Waals surface area contributed by atoms with E-state index in [1.165, 1.54) is 22.5 Å². The van der Waals surface area contributed by atoms with E-state index in [9.17, 15) is 0 Å². The van der Waals surface area contributed by atoms with Crippen LogP contribution in [0, 0.1) is 13.8 Å². The average molecular weight is 492 g/mol. The van der Waals surface area contributed by atoms with Crippen molar-refractivity contribution in [1.82, 2.24) is 9.97 Å². The normalized spacial score (nSPS) is 10.0. The Morgan fingerprint density at radius 2 is 1.30 bits per heavy atom. The van der Waals surface area contributed by atoms with Crippen LogP contribution in [0.3, 0.4) is 0 Å². The predicted octanol–water partition coefficient (Wildman–Crippen LogP) is 4.65. The Hall–Kier alpha value is -0.432. The van der Waals surface area contributed by atoms with Gasteiger partial charge >= 0.3 is 35.3 Å². The Morgan fingerprint density at radius 3 is 1.65 bits per heavy atom. The monoisotopic (exact) mass is 491 g/mol. The molecule has 0 unspecified atom stereocenters. The molecule has 0 radical (unpaired) electrons. The van der Waals surface area contributed by atoms with Crippen molar-refractivity contribution in [2.24, 2.45) is 0 Å². The number of hydrogen-bond donors (Lipinski definition) is 0. The minimum absolute atomic E-state index is 0.472. The second kappa shape index (κ2) is 10.3. The van der Waals surface area contributed by atoms with Crippen LogP contribution >= 0.6 is 18.8 Å². The van der Waals surface area contributed by atoms with E-state index in [4.69, 9.17) is 18.8 Å². The van der Waals surface area contributed by atoms with Gasteiger partial charge in [0.1, 0.15) is 0 Å². The Bertz CT molecular complexity index is 475. The summed E-state index contributed by atoms with van der Waals surface area (Å²) < 4.78 is 0. The van der Waals surface area contributed by atoms with Gasteiger partial charge in [-0.05, 0) is 68.5 Å². The Kier molecular flexibility index (Phi) is 9.09. The molecule has 2 nitrogen and oxygen atoms in total. The third-order valence-corrected chi connectivity index (χ3v) is 2.81. The first-order valence-corrected chi connectivity index (χ1v) is 11.9. The quantitative estimate of drug-likeness (QED) is 0.622. The first kappa shape index (κ1) is 17.6. The molecule has 0 fully saturated rings. The van der Waals surface area contributed by atoms with E-state index in [2.05, 4.69) is 35.9 Å². The van der Waals surface area contributed by atoms with E-state index in [0.717, 1.165) is 19.3 Å². The van der Waals surface area contributed by atoms with Crippen LogP contribution in [0.15, 0.2) is 36.7 Å². The summed E-state index contributed by atoms with van der Waals surface area (Å²) in [5.41, 5.74) is 4.92. The number of nitrogens with zero attached hydrogens (tertiary/aromatic N) is 2.